The smallest absolute Gasteiger partial charge is 0.0217 e. The first-order chi connectivity index (χ1) is 8.68. The fraction of sp³-hybridized carbons (Fsp3) is 0.714. The summed E-state index contributed by atoms with van der Waals surface area (Å²) in [6.45, 7) is 12.4. The minimum atomic E-state index is 0.174. The van der Waals surface area contributed by atoms with E-state index in [-0.39, 0.29) is 5.41 Å². The third-order valence-electron chi connectivity index (χ3n) is 3.71. The first-order valence-corrected chi connectivity index (χ1v) is 6.96. The molecule has 1 aromatic rings. The van der Waals surface area contributed by atoms with Crippen LogP contribution in [0, 0.1) is 0 Å². The molecule has 0 spiro atoms. The van der Waals surface area contributed by atoms with Crippen LogP contribution >= 0.6 is 0 Å². The van der Waals surface area contributed by atoms with Gasteiger partial charge in [-0.3, -0.25) is 4.90 Å². The van der Waals surface area contributed by atoms with Crippen molar-refractivity contribution in [3.05, 3.63) is 24.0 Å². The summed E-state index contributed by atoms with van der Waals surface area (Å²) < 4.78 is 0. The van der Waals surface area contributed by atoms with Crippen molar-refractivity contribution >= 4 is 0 Å². The van der Waals surface area contributed by atoms with Crippen LogP contribution in [0.4, 0.5) is 0 Å². The molecule has 0 bridgehead atoms. The number of aromatic nitrogens is 1. The maximum atomic E-state index is 3.58. The Kier molecular flexibility index (Phi) is 4.80. The number of rotatable bonds is 6. The Bertz CT molecular complexity index is 326. The number of hydrogen-bond acceptors (Lipinski definition) is 3. The molecule has 0 aromatic carbocycles. The van der Waals surface area contributed by atoms with Crippen molar-refractivity contribution < 1.29 is 0 Å². The molecule has 0 aliphatic carbocycles. The average molecular weight is 250 g/mol. The lowest BCUT2D eigenvalue weighted by Gasteiger charge is -2.28. The van der Waals surface area contributed by atoms with Gasteiger partial charge in [-0.05, 0) is 12.1 Å². The Morgan fingerprint density at radius 2 is 2.11 bits per heavy atom. The van der Waals surface area contributed by atoms with E-state index in [4.69, 9.17) is 0 Å². The van der Waals surface area contributed by atoms with Gasteiger partial charge in [-0.25, -0.2) is 0 Å². The Morgan fingerprint density at radius 1 is 1.33 bits per heavy atom. The maximum absolute atomic E-state index is 3.58. The fourth-order valence-corrected chi connectivity index (χ4v) is 2.42. The molecule has 18 heavy (non-hydrogen) atoms. The Morgan fingerprint density at radius 3 is 2.78 bits per heavy atom. The van der Waals surface area contributed by atoms with Crippen molar-refractivity contribution in [1.82, 2.24) is 20.5 Å². The Balaban J connectivity index is 1.65. The molecule has 0 saturated carbocycles. The number of nitrogens with one attached hydrogen (secondary N) is 3. The molecule has 1 saturated heterocycles. The minimum absolute atomic E-state index is 0.174. The quantitative estimate of drug-likeness (QED) is 0.654. The van der Waals surface area contributed by atoms with Crippen molar-refractivity contribution in [1.29, 1.82) is 0 Å². The third kappa shape index (κ3) is 3.83. The molecular weight excluding hydrogens is 224 g/mol. The van der Waals surface area contributed by atoms with Crippen molar-refractivity contribution in [3.8, 4) is 0 Å². The molecule has 2 heterocycles. The summed E-state index contributed by atoms with van der Waals surface area (Å²) in [5.41, 5.74) is 1.48. The second-order valence-corrected chi connectivity index (χ2v) is 5.74. The van der Waals surface area contributed by atoms with Crippen LogP contribution in [0.3, 0.4) is 0 Å². The van der Waals surface area contributed by atoms with E-state index in [0.717, 1.165) is 32.7 Å². The van der Waals surface area contributed by atoms with Gasteiger partial charge < -0.3 is 15.6 Å². The Labute approximate surface area is 110 Å². The highest BCUT2D eigenvalue weighted by Gasteiger charge is 2.20. The lowest BCUT2D eigenvalue weighted by molar-refractivity contribution is 0.239. The van der Waals surface area contributed by atoms with Gasteiger partial charge in [0.15, 0.2) is 0 Å². The van der Waals surface area contributed by atoms with Crippen LogP contribution in [0.5, 0.6) is 0 Å². The topological polar surface area (TPSA) is 43.1 Å². The SMILES string of the molecule is CC(C)(CNCCN1CCNCC1)c1ccc[nH]1. The van der Waals surface area contributed by atoms with E-state index < -0.39 is 0 Å². The summed E-state index contributed by atoms with van der Waals surface area (Å²) in [4.78, 5) is 5.83. The highest BCUT2D eigenvalue weighted by Crippen LogP contribution is 2.19. The van der Waals surface area contributed by atoms with Gasteiger partial charge in [0.05, 0.1) is 0 Å². The number of hydrogen-bond donors (Lipinski definition) is 3. The highest BCUT2D eigenvalue weighted by atomic mass is 15.2. The van der Waals surface area contributed by atoms with Crippen LogP contribution in [0.15, 0.2) is 18.3 Å². The normalized spacial score (nSPS) is 18.1. The predicted molar refractivity (Wildman–Crippen MR) is 76.0 cm³/mol. The molecule has 0 radical (unpaired) electrons. The van der Waals surface area contributed by atoms with Crippen LogP contribution in [-0.2, 0) is 5.41 Å². The summed E-state index contributed by atoms with van der Waals surface area (Å²) in [6, 6.07) is 4.23. The zero-order chi connectivity index (χ0) is 12.8. The molecule has 102 valence electrons. The van der Waals surface area contributed by atoms with Gasteiger partial charge in [0.2, 0.25) is 0 Å². The van der Waals surface area contributed by atoms with Gasteiger partial charge in [-0.15, -0.1) is 0 Å². The summed E-state index contributed by atoms with van der Waals surface area (Å²) in [6.07, 6.45) is 2.00. The predicted octanol–water partition coefficient (Wildman–Crippen LogP) is 0.787. The van der Waals surface area contributed by atoms with E-state index >= 15 is 0 Å². The molecule has 1 fully saturated rings. The summed E-state index contributed by atoms with van der Waals surface area (Å²) in [5.74, 6) is 0. The standard InChI is InChI=1S/C14H26N4/c1-14(2,13-4-3-5-17-13)12-16-8-11-18-9-6-15-7-10-18/h3-5,15-17H,6-12H2,1-2H3. The van der Waals surface area contributed by atoms with Gasteiger partial charge >= 0.3 is 0 Å². The third-order valence-corrected chi connectivity index (χ3v) is 3.71. The van der Waals surface area contributed by atoms with E-state index in [1.54, 1.807) is 0 Å². The second kappa shape index (κ2) is 6.36. The molecule has 0 atom stereocenters. The van der Waals surface area contributed by atoms with Crippen LogP contribution in [0.25, 0.3) is 0 Å². The number of H-pyrrole nitrogens is 1. The lowest BCUT2D eigenvalue weighted by Crippen LogP contribution is -2.46. The maximum Gasteiger partial charge on any atom is 0.0217 e. The van der Waals surface area contributed by atoms with Crippen LogP contribution < -0.4 is 10.6 Å². The molecule has 4 heteroatoms. The summed E-state index contributed by atoms with van der Waals surface area (Å²) in [7, 11) is 0. The first kappa shape index (κ1) is 13.6. The molecule has 1 aliphatic rings. The van der Waals surface area contributed by atoms with Crippen molar-refractivity contribution in [2.75, 3.05) is 45.8 Å². The molecule has 1 aliphatic heterocycles. The van der Waals surface area contributed by atoms with E-state index in [1.807, 2.05) is 6.20 Å². The lowest BCUT2D eigenvalue weighted by atomic mass is 9.89. The minimum Gasteiger partial charge on any atom is -0.365 e. The fourth-order valence-electron chi connectivity index (χ4n) is 2.42. The van der Waals surface area contributed by atoms with Crippen molar-refractivity contribution in [3.63, 3.8) is 0 Å². The molecule has 0 unspecified atom stereocenters. The largest absolute Gasteiger partial charge is 0.365 e. The van der Waals surface area contributed by atoms with Crippen LogP contribution in [0.2, 0.25) is 0 Å². The average Bonchev–Trinajstić information content (AvgIpc) is 2.91. The van der Waals surface area contributed by atoms with Gasteiger partial charge in [0, 0.05) is 63.1 Å². The molecule has 3 N–H and O–H groups in total. The van der Waals surface area contributed by atoms with Crippen LogP contribution in [-0.4, -0.2) is 55.7 Å². The van der Waals surface area contributed by atoms with Crippen molar-refractivity contribution in [2.24, 2.45) is 0 Å². The van der Waals surface area contributed by atoms with E-state index in [9.17, 15) is 0 Å². The molecule has 0 amide bonds. The highest BCUT2D eigenvalue weighted by molar-refractivity contribution is 5.15. The molecule has 2 rings (SSSR count). The molecule has 4 nitrogen and oxygen atoms in total. The zero-order valence-corrected chi connectivity index (χ0v) is 11.6. The van der Waals surface area contributed by atoms with E-state index in [1.165, 1.54) is 18.8 Å². The van der Waals surface area contributed by atoms with Gasteiger partial charge in [-0.1, -0.05) is 13.8 Å². The zero-order valence-electron chi connectivity index (χ0n) is 11.6. The Hall–Kier alpha value is -0.840. The number of piperazine rings is 1. The van der Waals surface area contributed by atoms with E-state index in [0.29, 0.717) is 0 Å². The molecule has 1 aromatic heterocycles. The first-order valence-electron chi connectivity index (χ1n) is 6.96. The number of nitrogens with zero attached hydrogens (tertiary/aromatic N) is 1. The van der Waals surface area contributed by atoms with Gasteiger partial charge in [0.25, 0.3) is 0 Å². The van der Waals surface area contributed by atoms with Crippen molar-refractivity contribution in [2.45, 2.75) is 19.3 Å². The monoisotopic (exact) mass is 250 g/mol. The van der Waals surface area contributed by atoms with E-state index in [2.05, 4.69) is 46.5 Å². The number of aromatic amines is 1. The van der Waals surface area contributed by atoms with Gasteiger partial charge in [-0.2, -0.15) is 0 Å². The van der Waals surface area contributed by atoms with Gasteiger partial charge in [0.1, 0.15) is 0 Å². The summed E-state index contributed by atoms with van der Waals surface area (Å²) >= 11 is 0. The second-order valence-electron chi connectivity index (χ2n) is 5.74. The van der Waals surface area contributed by atoms with Crippen LogP contribution in [0.1, 0.15) is 19.5 Å². The summed E-state index contributed by atoms with van der Waals surface area (Å²) in [5, 5.41) is 6.96. The molecular formula is C14H26N4.